The van der Waals surface area contributed by atoms with Crippen molar-refractivity contribution in [3.05, 3.63) is 24.3 Å². The summed E-state index contributed by atoms with van der Waals surface area (Å²) >= 11 is 0. The van der Waals surface area contributed by atoms with E-state index in [0.29, 0.717) is 19.3 Å². The second kappa shape index (κ2) is 14.8. The lowest BCUT2D eigenvalue weighted by molar-refractivity contribution is -0.169. The molecule has 6 heteroatoms. The average Bonchev–Trinajstić information content (AvgIpc) is 2.80. The van der Waals surface area contributed by atoms with Crippen LogP contribution in [0.4, 0.5) is 0 Å². The van der Waals surface area contributed by atoms with Crippen LogP contribution in [0.25, 0.3) is 0 Å². The fourth-order valence-electron chi connectivity index (χ4n) is 4.41. The van der Waals surface area contributed by atoms with Gasteiger partial charge in [-0.1, -0.05) is 63.3 Å². The van der Waals surface area contributed by atoms with Crippen LogP contribution in [0, 0.1) is 17.3 Å². The molecule has 0 N–H and O–H groups in total. The number of esters is 3. The zero-order valence-electron chi connectivity index (χ0n) is 19.7. The molecule has 1 rings (SSSR count). The lowest BCUT2D eigenvalue weighted by Gasteiger charge is -2.41. The molecule has 0 saturated carbocycles. The van der Waals surface area contributed by atoms with Gasteiger partial charge in [-0.3, -0.25) is 14.4 Å². The Kier molecular flexibility index (Phi) is 12.9. The minimum atomic E-state index is -0.874. The number of hydrogen-bond donors (Lipinski definition) is 0. The van der Waals surface area contributed by atoms with Gasteiger partial charge in [-0.15, -0.1) is 0 Å². The van der Waals surface area contributed by atoms with Gasteiger partial charge in [0.1, 0.15) is 0 Å². The van der Waals surface area contributed by atoms with Crippen LogP contribution >= 0.6 is 0 Å². The molecule has 3 unspecified atom stereocenters. The Morgan fingerprint density at radius 3 is 2.32 bits per heavy atom. The van der Waals surface area contributed by atoms with Gasteiger partial charge in [-0.25, -0.2) is 0 Å². The van der Waals surface area contributed by atoms with Crippen molar-refractivity contribution in [2.75, 3.05) is 21.3 Å². The smallest absolute Gasteiger partial charge is 0.313 e. The van der Waals surface area contributed by atoms with Crippen molar-refractivity contribution in [1.82, 2.24) is 0 Å². The van der Waals surface area contributed by atoms with Crippen molar-refractivity contribution in [2.45, 2.75) is 77.6 Å². The van der Waals surface area contributed by atoms with E-state index in [1.54, 1.807) is 0 Å². The van der Waals surface area contributed by atoms with Crippen LogP contribution in [-0.2, 0) is 28.6 Å². The Balaban J connectivity index is 2.69. The summed E-state index contributed by atoms with van der Waals surface area (Å²) in [6.45, 7) is 2.07. The molecule has 31 heavy (non-hydrogen) atoms. The lowest BCUT2D eigenvalue weighted by Crippen LogP contribution is -2.48. The second-order valence-electron chi connectivity index (χ2n) is 8.27. The molecule has 0 fully saturated rings. The van der Waals surface area contributed by atoms with Gasteiger partial charge in [0.15, 0.2) is 0 Å². The third kappa shape index (κ3) is 8.15. The molecule has 176 valence electrons. The van der Waals surface area contributed by atoms with Crippen LogP contribution in [0.5, 0.6) is 0 Å². The van der Waals surface area contributed by atoms with Crippen molar-refractivity contribution < 1.29 is 28.6 Å². The fraction of sp³-hybridized carbons (Fsp3) is 0.720. The van der Waals surface area contributed by atoms with Gasteiger partial charge < -0.3 is 14.2 Å². The molecule has 0 bridgehead atoms. The van der Waals surface area contributed by atoms with E-state index in [0.717, 1.165) is 51.4 Å². The number of carbonyl (C=O) groups is 3. The third-order valence-corrected chi connectivity index (χ3v) is 6.18. The van der Waals surface area contributed by atoms with Gasteiger partial charge in [0, 0.05) is 12.3 Å². The topological polar surface area (TPSA) is 78.9 Å². The molecule has 3 atom stereocenters. The monoisotopic (exact) mass is 436 g/mol. The van der Waals surface area contributed by atoms with Crippen LogP contribution in [0.2, 0.25) is 0 Å². The first-order valence-electron chi connectivity index (χ1n) is 11.5. The lowest BCUT2D eigenvalue weighted by atomic mass is 9.62. The van der Waals surface area contributed by atoms with E-state index in [1.807, 2.05) is 18.2 Å². The number of unbranched alkanes of at least 4 members (excludes halogenated alkanes) is 6. The summed E-state index contributed by atoms with van der Waals surface area (Å²) in [5, 5.41) is 0. The molecule has 0 spiro atoms. The molecule has 1 aliphatic carbocycles. The summed E-state index contributed by atoms with van der Waals surface area (Å²) in [6.07, 6.45) is 17.6. The molecule has 0 radical (unpaired) electrons. The van der Waals surface area contributed by atoms with E-state index in [9.17, 15) is 14.4 Å². The predicted molar refractivity (Wildman–Crippen MR) is 120 cm³/mol. The number of methoxy groups -OCH3 is 3. The highest BCUT2D eigenvalue weighted by molar-refractivity contribution is 5.86. The summed E-state index contributed by atoms with van der Waals surface area (Å²) in [4.78, 5) is 36.7. The highest BCUT2D eigenvalue weighted by Gasteiger charge is 2.53. The first kappa shape index (κ1) is 26.9. The van der Waals surface area contributed by atoms with E-state index in [2.05, 4.69) is 17.7 Å². The quantitative estimate of drug-likeness (QED) is 0.162. The highest BCUT2D eigenvalue weighted by Crippen LogP contribution is 2.47. The zero-order chi connectivity index (χ0) is 23.1. The average molecular weight is 437 g/mol. The van der Waals surface area contributed by atoms with Gasteiger partial charge in [0.25, 0.3) is 0 Å². The van der Waals surface area contributed by atoms with Crippen molar-refractivity contribution in [3.63, 3.8) is 0 Å². The number of rotatable bonds is 14. The maximum Gasteiger partial charge on any atom is 0.313 e. The minimum Gasteiger partial charge on any atom is -0.469 e. The Labute approximate surface area is 187 Å². The molecular weight excluding hydrogens is 396 g/mol. The number of hydrogen-bond acceptors (Lipinski definition) is 6. The summed E-state index contributed by atoms with van der Waals surface area (Å²) in [7, 11) is 4.18. The van der Waals surface area contributed by atoms with E-state index in [4.69, 9.17) is 9.47 Å². The zero-order valence-corrected chi connectivity index (χ0v) is 19.7. The molecule has 0 aromatic carbocycles. The van der Waals surface area contributed by atoms with Crippen molar-refractivity contribution >= 4 is 17.9 Å². The Morgan fingerprint density at radius 2 is 1.68 bits per heavy atom. The van der Waals surface area contributed by atoms with Crippen molar-refractivity contribution in [2.24, 2.45) is 17.3 Å². The SMILES string of the molecule is CCCCC1(C(=O)OC)CC=CC(/C=C/CCCCCCCC(=O)OC)C1C(=O)OC. The Morgan fingerprint density at radius 1 is 0.968 bits per heavy atom. The molecule has 0 amide bonds. The van der Waals surface area contributed by atoms with Gasteiger partial charge in [0.2, 0.25) is 0 Å². The van der Waals surface area contributed by atoms with E-state index < -0.39 is 11.3 Å². The van der Waals surface area contributed by atoms with Crippen LogP contribution in [0.1, 0.15) is 77.6 Å². The van der Waals surface area contributed by atoms with Gasteiger partial charge in [0.05, 0.1) is 32.7 Å². The summed E-state index contributed by atoms with van der Waals surface area (Å²) in [6, 6.07) is 0. The standard InChI is InChI=1S/C25H40O6/c1-5-6-18-25(24(28)31-4)19-14-16-20(22(25)23(27)30-3)15-12-10-8-7-9-11-13-17-21(26)29-2/h12,14-16,20,22H,5-11,13,17-19H2,1-4H3/b15-12+. The maximum absolute atomic E-state index is 12.8. The normalized spacial score (nSPS) is 23.0. The second-order valence-corrected chi connectivity index (χ2v) is 8.27. The number of allylic oxidation sites excluding steroid dienone is 4. The Hall–Kier alpha value is -2.11. The summed E-state index contributed by atoms with van der Waals surface area (Å²) < 4.78 is 14.9. The van der Waals surface area contributed by atoms with Crippen LogP contribution in [-0.4, -0.2) is 39.2 Å². The molecule has 0 aromatic heterocycles. The van der Waals surface area contributed by atoms with E-state index in [1.165, 1.54) is 21.3 Å². The number of ether oxygens (including phenoxy) is 3. The third-order valence-electron chi connectivity index (χ3n) is 6.18. The molecule has 0 saturated heterocycles. The predicted octanol–water partition coefficient (Wildman–Crippen LogP) is 5.16. The van der Waals surface area contributed by atoms with Crippen LogP contribution in [0.3, 0.4) is 0 Å². The fourth-order valence-corrected chi connectivity index (χ4v) is 4.41. The first-order valence-corrected chi connectivity index (χ1v) is 11.5. The highest BCUT2D eigenvalue weighted by atomic mass is 16.5. The van der Waals surface area contributed by atoms with E-state index >= 15 is 0 Å². The summed E-state index contributed by atoms with van der Waals surface area (Å²) in [5.74, 6) is -1.59. The summed E-state index contributed by atoms with van der Waals surface area (Å²) in [5.41, 5.74) is -0.874. The van der Waals surface area contributed by atoms with Crippen LogP contribution < -0.4 is 0 Å². The molecule has 0 aliphatic heterocycles. The minimum absolute atomic E-state index is 0.148. The van der Waals surface area contributed by atoms with E-state index in [-0.39, 0.29) is 23.8 Å². The van der Waals surface area contributed by atoms with Crippen molar-refractivity contribution in [1.29, 1.82) is 0 Å². The van der Waals surface area contributed by atoms with Crippen LogP contribution in [0.15, 0.2) is 24.3 Å². The van der Waals surface area contributed by atoms with Gasteiger partial charge in [-0.05, 0) is 32.1 Å². The van der Waals surface area contributed by atoms with Crippen molar-refractivity contribution in [3.8, 4) is 0 Å². The van der Waals surface area contributed by atoms with Gasteiger partial charge in [-0.2, -0.15) is 0 Å². The molecular formula is C25H40O6. The Bertz CT molecular complexity index is 624. The molecule has 0 heterocycles. The number of carbonyl (C=O) groups excluding carboxylic acids is 3. The molecule has 6 nitrogen and oxygen atoms in total. The largest absolute Gasteiger partial charge is 0.469 e. The van der Waals surface area contributed by atoms with Gasteiger partial charge >= 0.3 is 17.9 Å². The molecule has 1 aliphatic rings. The first-order chi connectivity index (χ1) is 15.0. The maximum atomic E-state index is 12.8. The molecule has 0 aromatic rings.